The third-order valence-corrected chi connectivity index (χ3v) is 7.21. The Balaban J connectivity index is 1.43. The molecule has 9 heteroatoms. The van der Waals surface area contributed by atoms with E-state index < -0.39 is 23.5 Å². The fourth-order valence-corrected chi connectivity index (χ4v) is 4.69. The highest BCUT2D eigenvalue weighted by Crippen LogP contribution is 2.32. The van der Waals surface area contributed by atoms with Crippen LogP contribution >= 0.6 is 0 Å². The van der Waals surface area contributed by atoms with Crippen LogP contribution in [0.4, 0.5) is 24.5 Å². The van der Waals surface area contributed by atoms with Crippen LogP contribution in [0.5, 0.6) is 0 Å². The molecule has 0 bridgehead atoms. The Bertz CT molecular complexity index is 1720. The van der Waals surface area contributed by atoms with Crippen molar-refractivity contribution < 1.29 is 18.0 Å². The van der Waals surface area contributed by atoms with Crippen molar-refractivity contribution in [2.24, 2.45) is 16.6 Å². The lowest BCUT2D eigenvalue weighted by Gasteiger charge is -2.21. The normalized spacial score (nSPS) is 14.5. The zero-order valence-electron chi connectivity index (χ0n) is 23.7. The smallest absolute Gasteiger partial charge is 0.395 e. The van der Waals surface area contributed by atoms with Crippen LogP contribution in [0.3, 0.4) is 0 Å². The number of carbonyl (C=O) groups is 1. The number of nitriles is 1. The maximum Gasteiger partial charge on any atom is 0.430 e. The number of rotatable bonds is 10. The predicted molar refractivity (Wildman–Crippen MR) is 166 cm³/mol. The number of nitrogens with one attached hydrogen (secondary N) is 2. The average Bonchev–Trinajstić information content (AvgIpc) is 3.86. The summed E-state index contributed by atoms with van der Waals surface area (Å²) in [5, 5.41) is 15.5. The van der Waals surface area contributed by atoms with Crippen LogP contribution < -0.4 is 16.4 Å². The molecule has 0 spiro atoms. The second-order valence-corrected chi connectivity index (χ2v) is 10.6. The van der Waals surface area contributed by atoms with E-state index >= 15 is 0 Å². The lowest BCUT2D eigenvalue weighted by molar-refractivity contribution is -0.110. The molecular formula is C35H30F3N5O. The average molecular weight is 594 g/mol. The van der Waals surface area contributed by atoms with Crippen LogP contribution in [-0.4, -0.2) is 24.3 Å². The molecule has 0 heterocycles. The van der Waals surface area contributed by atoms with Crippen molar-refractivity contribution in [1.29, 1.82) is 5.26 Å². The van der Waals surface area contributed by atoms with Crippen molar-refractivity contribution in [2.45, 2.75) is 25.1 Å². The first kappa shape index (κ1) is 30.3. The first-order chi connectivity index (χ1) is 21.2. The zero-order valence-corrected chi connectivity index (χ0v) is 23.7. The highest BCUT2D eigenvalue weighted by atomic mass is 19.4. The number of halogens is 3. The Kier molecular flexibility index (Phi) is 9.22. The first-order valence-electron chi connectivity index (χ1n) is 14.1. The van der Waals surface area contributed by atoms with E-state index in [-0.39, 0.29) is 17.3 Å². The minimum absolute atomic E-state index is 0.137. The Morgan fingerprint density at radius 2 is 1.64 bits per heavy atom. The molecule has 6 nitrogen and oxygen atoms in total. The molecule has 44 heavy (non-hydrogen) atoms. The van der Waals surface area contributed by atoms with Gasteiger partial charge in [0, 0.05) is 5.69 Å². The first-order valence-corrected chi connectivity index (χ1v) is 14.1. The van der Waals surface area contributed by atoms with Gasteiger partial charge in [-0.3, -0.25) is 4.79 Å². The van der Waals surface area contributed by atoms with Crippen molar-refractivity contribution in [3.05, 3.63) is 132 Å². The lowest BCUT2D eigenvalue weighted by atomic mass is 9.95. The summed E-state index contributed by atoms with van der Waals surface area (Å²) < 4.78 is 39.9. The molecule has 5 rings (SSSR count). The summed E-state index contributed by atoms with van der Waals surface area (Å²) in [6.45, 7) is 0.835. The number of hydrogen-bond donors (Lipinski definition) is 3. The molecule has 0 radical (unpaired) electrons. The fraction of sp³-hybridized carbons (Fsp3) is 0.171. The number of anilines is 1. The van der Waals surface area contributed by atoms with E-state index in [0.717, 1.165) is 28.8 Å². The zero-order chi connectivity index (χ0) is 31.1. The summed E-state index contributed by atoms with van der Waals surface area (Å²) in [5.41, 5.74) is 8.10. The van der Waals surface area contributed by atoms with Gasteiger partial charge in [0.25, 0.3) is 5.91 Å². The van der Waals surface area contributed by atoms with Gasteiger partial charge >= 0.3 is 6.18 Å². The van der Waals surface area contributed by atoms with Gasteiger partial charge in [0.05, 0.1) is 23.4 Å². The van der Waals surface area contributed by atoms with E-state index in [1.54, 1.807) is 18.2 Å². The van der Waals surface area contributed by atoms with E-state index in [4.69, 9.17) is 5.73 Å². The van der Waals surface area contributed by atoms with Crippen molar-refractivity contribution in [3.8, 4) is 17.2 Å². The molecule has 4 aromatic carbocycles. The number of aliphatic imine (C=N–C) groups is 1. The molecule has 1 amide bonds. The highest BCUT2D eigenvalue weighted by molar-refractivity contribution is 6.47. The molecule has 1 aliphatic rings. The van der Waals surface area contributed by atoms with Gasteiger partial charge in [0.1, 0.15) is 11.4 Å². The number of nitrogens with two attached hydrogens (primary N) is 1. The Morgan fingerprint density at radius 1 is 0.932 bits per heavy atom. The Hall–Kier alpha value is -5.20. The van der Waals surface area contributed by atoms with Gasteiger partial charge < -0.3 is 16.4 Å². The molecule has 1 atom stereocenters. The number of hydrogen-bond acceptors (Lipinski definition) is 5. The summed E-state index contributed by atoms with van der Waals surface area (Å²) in [6, 6.07) is 33.2. The highest BCUT2D eigenvalue weighted by Gasteiger charge is 2.32. The van der Waals surface area contributed by atoms with Crippen molar-refractivity contribution in [1.82, 2.24) is 5.32 Å². The third-order valence-electron chi connectivity index (χ3n) is 7.21. The number of carbonyl (C=O) groups excluding carboxylic acids is 1. The third kappa shape index (κ3) is 8.00. The summed E-state index contributed by atoms with van der Waals surface area (Å²) in [6.07, 6.45) is -2.01. The van der Waals surface area contributed by atoms with E-state index in [0.29, 0.717) is 17.7 Å². The largest absolute Gasteiger partial charge is 0.430 e. The van der Waals surface area contributed by atoms with Gasteiger partial charge in [-0.2, -0.15) is 18.4 Å². The van der Waals surface area contributed by atoms with Gasteiger partial charge in [0.15, 0.2) is 0 Å². The monoisotopic (exact) mass is 593 g/mol. The van der Waals surface area contributed by atoms with Gasteiger partial charge in [-0.1, -0.05) is 72.8 Å². The van der Waals surface area contributed by atoms with Crippen molar-refractivity contribution in [3.63, 3.8) is 0 Å². The molecule has 222 valence electrons. The van der Waals surface area contributed by atoms with Crippen LogP contribution in [0.25, 0.3) is 11.1 Å². The molecule has 0 saturated heterocycles. The topological polar surface area (TPSA) is 103 Å². The molecule has 1 unspecified atom stereocenters. The molecule has 4 aromatic rings. The van der Waals surface area contributed by atoms with Crippen LogP contribution in [-0.2, 0) is 4.79 Å². The maximum atomic E-state index is 13.3. The lowest BCUT2D eigenvalue weighted by Crippen LogP contribution is -2.27. The quantitative estimate of drug-likeness (QED) is 0.166. The Labute approximate surface area is 253 Å². The standard InChI is InChI=1S/C35H30F3N5O/c36-35(37,38)32(40)20-31(42-29-10-4-6-24(18-29)21-39)34(44)43-30-11-5-9-28(19-30)33(41-22-23-12-13-23)27-16-14-26(15-17-27)25-7-2-1-3-8-25/h1-11,14-20,23,33,41H,12-13,22,40H2,(H,43,44). The molecule has 1 saturated carbocycles. The molecule has 0 aromatic heterocycles. The summed E-state index contributed by atoms with van der Waals surface area (Å²) in [5.74, 6) is -0.264. The van der Waals surface area contributed by atoms with E-state index in [1.807, 2.05) is 30.3 Å². The van der Waals surface area contributed by atoms with Crippen LogP contribution in [0.1, 0.15) is 35.6 Å². The van der Waals surface area contributed by atoms with Gasteiger partial charge in [-0.05, 0) is 84.0 Å². The number of nitrogens with zero attached hydrogens (tertiary/aromatic N) is 2. The van der Waals surface area contributed by atoms with Gasteiger partial charge in [0.2, 0.25) is 0 Å². The minimum atomic E-state index is -4.86. The molecule has 1 aliphatic carbocycles. The van der Waals surface area contributed by atoms with Gasteiger partial charge in [-0.25, -0.2) is 4.99 Å². The fourth-order valence-electron chi connectivity index (χ4n) is 4.69. The van der Waals surface area contributed by atoms with Gasteiger partial charge in [-0.15, -0.1) is 0 Å². The second kappa shape index (κ2) is 13.4. The van der Waals surface area contributed by atoms with E-state index in [2.05, 4.69) is 52.0 Å². The molecule has 1 fully saturated rings. The predicted octanol–water partition coefficient (Wildman–Crippen LogP) is 7.43. The number of allylic oxidation sites excluding steroid dienone is 1. The van der Waals surface area contributed by atoms with Crippen LogP contribution in [0.15, 0.2) is 120 Å². The summed E-state index contributed by atoms with van der Waals surface area (Å²) >= 11 is 0. The molecular weight excluding hydrogens is 563 g/mol. The van der Waals surface area contributed by atoms with Crippen molar-refractivity contribution >= 4 is 23.0 Å². The second-order valence-electron chi connectivity index (χ2n) is 10.6. The van der Waals surface area contributed by atoms with Crippen LogP contribution in [0.2, 0.25) is 0 Å². The summed E-state index contributed by atoms with van der Waals surface area (Å²) in [7, 11) is 0. The number of amides is 1. The Morgan fingerprint density at radius 3 is 2.32 bits per heavy atom. The van der Waals surface area contributed by atoms with E-state index in [1.165, 1.54) is 37.1 Å². The SMILES string of the molecule is N#Cc1cccc(N=C(C=C(N)C(F)(F)F)C(=O)Nc2cccc(C(NCC3CC3)c3ccc(-c4ccccc4)cc3)c2)c1. The van der Waals surface area contributed by atoms with Crippen LogP contribution in [0, 0.1) is 17.2 Å². The number of alkyl halides is 3. The maximum absolute atomic E-state index is 13.3. The van der Waals surface area contributed by atoms with E-state index in [9.17, 15) is 23.2 Å². The number of benzene rings is 4. The minimum Gasteiger partial charge on any atom is -0.395 e. The van der Waals surface area contributed by atoms with Crippen molar-refractivity contribution in [2.75, 3.05) is 11.9 Å². The summed E-state index contributed by atoms with van der Waals surface area (Å²) in [4.78, 5) is 17.4. The molecule has 4 N–H and O–H groups in total. The molecule has 0 aliphatic heterocycles.